The van der Waals surface area contributed by atoms with Gasteiger partial charge in [-0.05, 0) is 55.7 Å². The van der Waals surface area contributed by atoms with Crippen LogP contribution < -0.4 is 5.73 Å². The number of carbonyl (C=O) groups is 2. The van der Waals surface area contributed by atoms with E-state index in [-0.39, 0.29) is 17.9 Å². The molecule has 1 aromatic rings. The normalized spacial score (nSPS) is 25.0. The molecule has 0 saturated carbocycles. The van der Waals surface area contributed by atoms with Crippen molar-refractivity contribution in [2.45, 2.75) is 51.2 Å². The van der Waals surface area contributed by atoms with E-state index in [4.69, 9.17) is 10.5 Å². The molecular weight excluding hydrogens is 306 g/mol. The predicted molar refractivity (Wildman–Crippen MR) is 89.1 cm³/mol. The van der Waals surface area contributed by atoms with Crippen molar-refractivity contribution in [3.63, 3.8) is 0 Å². The molecule has 2 aliphatic rings. The number of aryl methyl sites for hydroxylation is 1. The van der Waals surface area contributed by atoms with Gasteiger partial charge in [0.05, 0.1) is 12.5 Å². The lowest BCUT2D eigenvalue weighted by atomic mass is 9.89. The van der Waals surface area contributed by atoms with Crippen LogP contribution >= 0.6 is 0 Å². The number of carbonyl (C=O) groups excluding carboxylic acids is 2. The van der Waals surface area contributed by atoms with E-state index in [1.54, 1.807) is 12.4 Å². The lowest BCUT2D eigenvalue weighted by molar-refractivity contribution is -0.133. The molecule has 1 aromatic heterocycles. The van der Waals surface area contributed by atoms with E-state index in [0.29, 0.717) is 12.3 Å². The van der Waals surface area contributed by atoms with E-state index in [0.717, 1.165) is 49.9 Å². The molecule has 6 heteroatoms. The summed E-state index contributed by atoms with van der Waals surface area (Å²) >= 11 is 0. The molecule has 0 spiro atoms. The van der Waals surface area contributed by atoms with Crippen molar-refractivity contribution >= 4 is 11.8 Å². The Bertz CT molecular complexity index is 611. The minimum Gasteiger partial charge on any atom is -0.367 e. The number of hydrogen-bond acceptors (Lipinski definition) is 4. The fourth-order valence-corrected chi connectivity index (χ4v) is 3.71. The zero-order chi connectivity index (χ0) is 17.1. The van der Waals surface area contributed by atoms with Gasteiger partial charge in [0.15, 0.2) is 0 Å². The summed E-state index contributed by atoms with van der Waals surface area (Å²) < 4.78 is 5.78. The van der Waals surface area contributed by atoms with E-state index in [9.17, 15) is 9.59 Å². The molecule has 2 saturated heterocycles. The minimum absolute atomic E-state index is 0.113. The zero-order valence-corrected chi connectivity index (χ0v) is 14.1. The maximum absolute atomic E-state index is 12.5. The van der Waals surface area contributed by atoms with Crippen molar-refractivity contribution in [2.24, 2.45) is 11.7 Å². The molecule has 0 bridgehead atoms. The first-order chi connectivity index (χ1) is 11.5. The third-order valence-corrected chi connectivity index (χ3v) is 5.27. The van der Waals surface area contributed by atoms with Crippen LogP contribution in [0.2, 0.25) is 0 Å². The highest BCUT2D eigenvalue weighted by Gasteiger charge is 2.36. The van der Waals surface area contributed by atoms with Crippen LogP contribution in [-0.2, 0) is 20.7 Å². The summed E-state index contributed by atoms with van der Waals surface area (Å²) in [6, 6.07) is 1.91. The topological polar surface area (TPSA) is 85.5 Å². The molecule has 0 unspecified atom stereocenters. The fourth-order valence-electron chi connectivity index (χ4n) is 3.71. The summed E-state index contributed by atoms with van der Waals surface area (Å²) in [5.41, 5.74) is 7.41. The number of rotatable bonds is 4. The van der Waals surface area contributed by atoms with Crippen molar-refractivity contribution < 1.29 is 14.3 Å². The van der Waals surface area contributed by atoms with Crippen LogP contribution in [-0.4, -0.2) is 47.0 Å². The molecule has 2 aliphatic heterocycles. The summed E-state index contributed by atoms with van der Waals surface area (Å²) in [5.74, 6) is 0.226. The molecule has 130 valence electrons. The molecular formula is C18H25N3O3. The van der Waals surface area contributed by atoms with Crippen molar-refractivity contribution in [2.75, 3.05) is 13.1 Å². The van der Waals surface area contributed by atoms with Crippen molar-refractivity contribution in [1.29, 1.82) is 0 Å². The molecule has 2 fully saturated rings. The smallest absolute Gasteiger partial charge is 0.246 e. The van der Waals surface area contributed by atoms with Gasteiger partial charge in [-0.1, -0.05) is 0 Å². The molecule has 3 heterocycles. The molecule has 0 radical (unpaired) electrons. The van der Waals surface area contributed by atoms with Gasteiger partial charge in [0.25, 0.3) is 0 Å². The van der Waals surface area contributed by atoms with E-state index in [1.807, 2.05) is 17.9 Å². The molecule has 0 aliphatic carbocycles. The van der Waals surface area contributed by atoms with Crippen LogP contribution in [0.3, 0.4) is 0 Å². The minimum atomic E-state index is -0.427. The number of piperidine rings is 1. The third kappa shape index (κ3) is 3.75. The molecule has 6 nitrogen and oxygen atoms in total. The Labute approximate surface area is 142 Å². The van der Waals surface area contributed by atoms with Gasteiger partial charge < -0.3 is 15.4 Å². The Morgan fingerprint density at radius 3 is 2.67 bits per heavy atom. The first-order valence-electron chi connectivity index (χ1n) is 8.66. The SMILES string of the molecule is Cc1cnccc1CC(=O)N1CCC([C@@H]2CC[C@H](C(N)=O)O2)CC1. The van der Waals surface area contributed by atoms with E-state index in [1.165, 1.54) is 0 Å². The molecule has 2 atom stereocenters. The summed E-state index contributed by atoms with van der Waals surface area (Å²) in [6.07, 6.45) is 7.11. The van der Waals surface area contributed by atoms with Gasteiger partial charge in [-0.3, -0.25) is 14.6 Å². The quantitative estimate of drug-likeness (QED) is 0.898. The standard InChI is InChI=1S/C18H25N3O3/c1-12-11-20-7-4-14(12)10-17(22)21-8-5-13(6-9-21)15-2-3-16(24-15)18(19)23/h4,7,11,13,15-16H,2-3,5-6,8-10H2,1H3,(H2,19,23)/t15-,16+/m0/s1. The summed E-state index contributed by atoms with van der Waals surface area (Å²) in [7, 11) is 0. The fraction of sp³-hybridized carbons (Fsp3) is 0.611. The van der Waals surface area contributed by atoms with Crippen LogP contribution in [0.4, 0.5) is 0 Å². The largest absolute Gasteiger partial charge is 0.367 e. The molecule has 2 N–H and O–H groups in total. The van der Waals surface area contributed by atoms with Crippen molar-refractivity contribution in [3.05, 3.63) is 29.6 Å². The number of primary amides is 1. The van der Waals surface area contributed by atoms with Crippen LogP contribution in [0, 0.1) is 12.8 Å². The number of nitrogens with two attached hydrogens (primary N) is 1. The van der Waals surface area contributed by atoms with Gasteiger partial charge in [0.1, 0.15) is 6.10 Å². The van der Waals surface area contributed by atoms with Gasteiger partial charge in [0.2, 0.25) is 11.8 Å². The van der Waals surface area contributed by atoms with E-state index < -0.39 is 6.10 Å². The van der Waals surface area contributed by atoms with Crippen molar-refractivity contribution in [3.8, 4) is 0 Å². The van der Waals surface area contributed by atoms with E-state index >= 15 is 0 Å². The Kier molecular flexibility index (Phi) is 5.14. The van der Waals surface area contributed by atoms with Gasteiger partial charge in [-0.15, -0.1) is 0 Å². The lowest BCUT2D eigenvalue weighted by Gasteiger charge is -2.34. The predicted octanol–water partition coefficient (Wildman–Crippen LogP) is 1.20. The second-order valence-electron chi connectivity index (χ2n) is 6.84. The number of hydrogen-bond donors (Lipinski definition) is 1. The summed E-state index contributed by atoms with van der Waals surface area (Å²) in [5, 5.41) is 0. The number of nitrogens with zero attached hydrogens (tertiary/aromatic N) is 2. The van der Waals surface area contributed by atoms with Crippen LogP contribution in [0.15, 0.2) is 18.5 Å². The monoisotopic (exact) mass is 331 g/mol. The molecule has 2 amide bonds. The van der Waals surface area contributed by atoms with Gasteiger partial charge >= 0.3 is 0 Å². The number of likely N-dealkylation sites (tertiary alicyclic amines) is 1. The average molecular weight is 331 g/mol. The Morgan fingerprint density at radius 1 is 1.29 bits per heavy atom. The Balaban J connectivity index is 1.49. The van der Waals surface area contributed by atoms with Crippen molar-refractivity contribution in [1.82, 2.24) is 9.88 Å². The molecule has 3 rings (SSSR count). The maximum Gasteiger partial charge on any atom is 0.246 e. The number of ether oxygens (including phenoxy) is 1. The highest BCUT2D eigenvalue weighted by atomic mass is 16.5. The average Bonchev–Trinajstić information content (AvgIpc) is 3.07. The summed E-state index contributed by atoms with van der Waals surface area (Å²) in [6.45, 7) is 3.50. The van der Waals surface area contributed by atoms with E-state index in [2.05, 4.69) is 4.98 Å². The van der Waals surface area contributed by atoms with Gasteiger partial charge in [0, 0.05) is 25.5 Å². The summed E-state index contributed by atoms with van der Waals surface area (Å²) in [4.78, 5) is 29.7. The van der Waals surface area contributed by atoms with Crippen LogP contribution in [0.5, 0.6) is 0 Å². The van der Waals surface area contributed by atoms with Crippen LogP contribution in [0.25, 0.3) is 0 Å². The Hall–Kier alpha value is -1.95. The van der Waals surface area contributed by atoms with Gasteiger partial charge in [-0.2, -0.15) is 0 Å². The maximum atomic E-state index is 12.5. The van der Waals surface area contributed by atoms with Gasteiger partial charge in [-0.25, -0.2) is 0 Å². The first kappa shape index (κ1) is 16.9. The highest BCUT2D eigenvalue weighted by molar-refractivity contribution is 5.79. The second-order valence-corrected chi connectivity index (χ2v) is 6.84. The molecule has 24 heavy (non-hydrogen) atoms. The number of aromatic nitrogens is 1. The second kappa shape index (κ2) is 7.30. The highest BCUT2D eigenvalue weighted by Crippen LogP contribution is 2.31. The first-order valence-corrected chi connectivity index (χ1v) is 8.66. The zero-order valence-electron chi connectivity index (χ0n) is 14.1. The Morgan fingerprint density at radius 2 is 2.04 bits per heavy atom. The third-order valence-electron chi connectivity index (χ3n) is 5.27. The molecule has 0 aromatic carbocycles. The van der Waals surface area contributed by atoms with Crippen LogP contribution in [0.1, 0.15) is 36.8 Å². The number of pyridine rings is 1. The number of amides is 2. The lowest BCUT2D eigenvalue weighted by Crippen LogP contribution is -2.42.